The number of ether oxygens (including phenoxy) is 1. The normalized spacial score (nSPS) is 11.6. The van der Waals surface area contributed by atoms with Crippen LogP contribution in [0.15, 0.2) is 211 Å². The Hall–Kier alpha value is -5.92. The highest BCUT2D eigenvalue weighted by molar-refractivity contribution is 9.10. The summed E-state index contributed by atoms with van der Waals surface area (Å²) in [7, 11) is 0.617. The Kier molecular flexibility index (Phi) is 16.3. The number of halogens is 3. The molecule has 319 valence electrons. The van der Waals surface area contributed by atoms with E-state index in [0.29, 0.717) is 18.5 Å². The predicted molar refractivity (Wildman–Crippen MR) is 281 cm³/mol. The Morgan fingerprint density at radius 3 is 1.27 bits per heavy atom. The summed E-state index contributed by atoms with van der Waals surface area (Å²) in [6, 6.07) is 70.6. The van der Waals surface area contributed by atoms with E-state index in [1.165, 1.54) is 88.2 Å². The summed E-state index contributed by atoms with van der Waals surface area (Å²) in [5.74, 6) is 0.523. The van der Waals surface area contributed by atoms with Crippen LogP contribution in [-0.2, 0) is 4.74 Å². The van der Waals surface area contributed by atoms with Crippen LogP contribution in [0, 0.1) is 0 Å². The number of hydrogen-bond acceptors (Lipinski definition) is 3. The van der Waals surface area contributed by atoms with E-state index in [-0.39, 0.29) is 8.85 Å². The maximum absolute atomic E-state index is 8.22. The summed E-state index contributed by atoms with van der Waals surface area (Å²) in [6.45, 7) is 2.00. The molecule has 1 radical (unpaired) electrons. The molecule has 7 heteroatoms. The summed E-state index contributed by atoms with van der Waals surface area (Å²) in [6.07, 6.45) is 2.56. The van der Waals surface area contributed by atoms with Gasteiger partial charge >= 0.3 is 7.69 Å². The molecule has 0 saturated carbocycles. The third-order valence-corrected chi connectivity index (χ3v) is 12.1. The van der Waals surface area contributed by atoms with Gasteiger partial charge in [-0.05, 0) is 130 Å². The molecule has 10 aromatic carbocycles. The van der Waals surface area contributed by atoms with Gasteiger partial charge in [0.15, 0.2) is 0 Å². The maximum Gasteiger partial charge on any atom is 0.569 e. The molecule has 1 aliphatic rings. The smallest absolute Gasteiger partial charge is 0.537 e. The first-order valence-corrected chi connectivity index (χ1v) is 22.4. The quantitative estimate of drug-likeness (QED) is 0.138. The molecule has 3 nitrogen and oxygen atoms in total. The van der Waals surface area contributed by atoms with E-state index < -0.39 is 0 Å². The Balaban J connectivity index is 0.000000163. The van der Waals surface area contributed by atoms with Gasteiger partial charge in [-0.15, -0.1) is 0 Å². The highest BCUT2D eigenvalue weighted by Gasteiger charge is 2.17. The molecular weight excluding hydrogens is 894 g/mol. The van der Waals surface area contributed by atoms with Crippen molar-refractivity contribution < 1.29 is 15.8 Å². The van der Waals surface area contributed by atoms with Crippen LogP contribution in [0.1, 0.15) is 21.7 Å². The van der Waals surface area contributed by atoms with Gasteiger partial charge in [-0.3, -0.25) is 0 Å². The van der Waals surface area contributed by atoms with E-state index in [2.05, 4.69) is 190 Å². The number of fused-ring (bicyclic) bond motifs is 6. The average molecular weight is 945 g/mol. The highest BCUT2D eigenvalue weighted by Crippen LogP contribution is 2.45. The van der Waals surface area contributed by atoms with Crippen molar-refractivity contribution in [2.45, 2.75) is 20.3 Å². The number of hydrogen-bond donors (Lipinski definition) is 1. The first-order valence-electron chi connectivity index (χ1n) is 20.9. The zero-order chi connectivity index (χ0) is 43.4. The fraction of sp³-hybridized carbons (Fsp3) is 0.0877. The second-order valence-corrected chi connectivity index (χ2v) is 16.5. The lowest BCUT2D eigenvalue weighted by molar-refractivity contribution is 0.198. The van der Waals surface area contributed by atoms with Gasteiger partial charge in [-0.25, -0.2) is 0 Å². The summed E-state index contributed by atoms with van der Waals surface area (Å²) < 4.78 is 10.7. The largest absolute Gasteiger partial charge is 0.569 e. The second kappa shape index (κ2) is 22.6. The van der Waals surface area contributed by atoms with E-state index in [1.54, 1.807) is 24.3 Å². The van der Waals surface area contributed by atoms with Gasteiger partial charge < -0.3 is 14.4 Å². The first-order chi connectivity index (χ1) is 31.0. The zero-order valence-corrected chi connectivity index (χ0v) is 37.5. The monoisotopic (exact) mass is 942 g/mol. The first kappa shape index (κ1) is 46.1. The molecule has 0 aromatic heterocycles. The summed E-state index contributed by atoms with van der Waals surface area (Å²) in [4.78, 5) is 0. The molecule has 0 atom stereocenters. The summed E-state index contributed by atoms with van der Waals surface area (Å²) >= 11 is 15.8. The van der Waals surface area contributed by atoms with Crippen LogP contribution in [0.4, 0.5) is 0 Å². The molecule has 64 heavy (non-hydrogen) atoms. The molecule has 11 rings (SSSR count). The van der Waals surface area contributed by atoms with Gasteiger partial charge in [-0.1, -0.05) is 207 Å². The van der Waals surface area contributed by atoms with E-state index in [1.807, 2.05) is 12.1 Å². The molecule has 0 amide bonds. The number of rotatable bonds is 5. The van der Waals surface area contributed by atoms with Crippen molar-refractivity contribution in [1.82, 2.24) is 0 Å². The van der Waals surface area contributed by atoms with Gasteiger partial charge in [0.25, 0.3) is 0 Å². The van der Waals surface area contributed by atoms with Crippen molar-refractivity contribution in [3.8, 4) is 39.1 Å². The van der Waals surface area contributed by atoms with E-state index in [9.17, 15) is 0 Å². The Bertz CT molecular complexity index is 3100. The lowest BCUT2D eigenvalue weighted by atomic mass is 9.85. The van der Waals surface area contributed by atoms with Crippen LogP contribution >= 0.6 is 39.1 Å². The molecule has 0 bridgehead atoms. The molecule has 1 aliphatic heterocycles. The molecular formula is C57H49BBrCl2O3. The van der Waals surface area contributed by atoms with Gasteiger partial charge in [0.1, 0.15) is 5.75 Å². The number of benzene rings is 10. The minimum absolute atomic E-state index is 0. The minimum atomic E-state index is 0. The zero-order valence-electron chi connectivity index (χ0n) is 34.4. The molecule has 1 saturated heterocycles. The molecule has 0 spiro atoms. The fourth-order valence-electron chi connectivity index (χ4n) is 8.09. The van der Waals surface area contributed by atoms with E-state index in [4.69, 9.17) is 33.0 Å². The van der Waals surface area contributed by atoms with Crippen molar-refractivity contribution in [1.29, 1.82) is 0 Å². The fourth-order valence-corrected chi connectivity index (χ4v) is 9.25. The highest BCUT2D eigenvalue weighted by atomic mass is 79.9. The van der Waals surface area contributed by atoms with Crippen molar-refractivity contribution in [2.75, 3.05) is 13.2 Å². The van der Waals surface area contributed by atoms with Crippen molar-refractivity contribution in [3.05, 3.63) is 221 Å². The van der Waals surface area contributed by atoms with Crippen LogP contribution in [0.25, 0.3) is 76.5 Å². The van der Waals surface area contributed by atoms with Gasteiger partial charge in [-0.2, -0.15) is 0 Å². The molecule has 1 fully saturated rings. The third-order valence-electron chi connectivity index (χ3n) is 10.9. The van der Waals surface area contributed by atoms with Crippen molar-refractivity contribution in [2.24, 2.45) is 0 Å². The van der Waals surface area contributed by atoms with Crippen LogP contribution in [0.3, 0.4) is 0 Å². The summed E-state index contributed by atoms with van der Waals surface area (Å²) in [5, 5.41) is 19.7. The molecule has 10 aromatic rings. The SMILES string of the molecule is Brc1c(-c2ccccc2)c2ccccc2c2ccccc12.C.C1CCOC1.Clc1cccc(-c2c(-c3ccccc3)c3ccccc3c3ccccc23)c1.O[B]Oc1cccc(Cl)c1.[2HH]. The van der Waals surface area contributed by atoms with E-state index >= 15 is 0 Å². The average Bonchev–Trinajstić information content (AvgIpc) is 3.94. The Labute approximate surface area is 396 Å². The maximum atomic E-state index is 8.22. The predicted octanol–water partition coefficient (Wildman–Crippen LogP) is 17.3. The molecule has 1 N–H and O–H groups in total. The Morgan fingerprint density at radius 1 is 0.438 bits per heavy atom. The van der Waals surface area contributed by atoms with Gasteiger partial charge in [0.05, 0.1) is 0 Å². The topological polar surface area (TPSA) is 38.7 Å². The lowest BCUT2D eigenvalue weighted by Crippen LogP contribution is -1.98. The Morgan fingerprint density at radius 2 is 0.812 bits per heavy atom. The van der Waals surface area contributed by atoms with Crippen LogP contribution in [-0.4, -0.2) is 25.9 Å². The molecule has 0 unspecified atom stereocenters. The second-order valence-electron chi connectivity index (χ2n) is 14.9. The molecule has 0 aliphatic carbocycles. The van der Waals surface area contributed by atoms with Gasteiger partial charge in [0.2, 0.25) is 0 Å². The minimum Gasteiger partial charge on any atom is -0.537 e. The van der Waals surface area contributed by atoms with Crippen LogP contribution in [0.2, 0.25) is 10.0 Å². The van der Waals surface area contributed by atoms with Crippen LogP contribution in [0.5, 0.6) is 5.75 Å². The molecule has 1 heterocycles. The van der Waals surface area contributed by atoms with Crippen molar-refractivity contribution in [3.63, 3.8) is 0 Å². The lowest BCUT2D eigenvalue weighted by Gasteiger charge is -2.18. The van der Waals surface area contributed by atoms with Gasteiger partial charge in [0, 0.05) is 34.7 Å². The summed E-state index contributed by atoms with van der Waals surface area (Å²) in [5.41, 5.74) is 7.36. The van der Waals surface area contributed by atoms with Crippen molar-refractivity contribution >= 4 is 89.9 Å². The van der Waals surface area contributed by atoms with Crippen LogP contribution < -0.4 is 4.65 Å². The van der Waals surface area contributed by atoms with E-state index in [0.717, 1.165) is 23.8 Å². The standard InChI is InChI=1S/C26H17Cl.C20H13Br.C6H5BClO2.C4H8O.CH4.H2/c27-20-12-8-11-19(17-20)26-24-16-7-5-14-22(24)21-13-4-6-15-23(21)25(26)18-9-2-1-3-10-18;21-20-18-13-7-5-11-16(18)15-10-4-6-12-17(15)19(20)14-8-2-1-3-9-14;8-5-2-1-3-6(4-5)10-7-9;1-2-4-5-3-1;;/h1-17H;1-13H;1-4,9H;1-4H2;1H4;1H/i;;;;;1+1. The third kappa shape index (κ3) is 10.7.